The number of aliphatic hydroxyl groups excluding tert-OH is 1. The lowest BCUT2D eigenvalue weighted by molar-refractivity contribution is -0.157. The summed E-state index contributed by atoms with van der Waals surface area (Å²) in [6, 6.07) is -0.895. The normalized spacial score (nSPS) is 43.3. The highest BCUT2D eigenvalue weighted by atomic mass is 32.3. The maximum absolute atomic E-state index is 13.8. The zero-order chi connectivity index (χ0) is 18.9. The smallest absolute Gasteiger partial charge is 0.327 e. The first kappa shape index (κ1) is 18.1. The third kappa shape index (κ3) is 2.07. The molecule has 0 radical (unpaired) electrons. The van der Waals surface area contributed by atoms with Crippen molar-refractivity contribution in [2.45, 2.75) is 55.3 Å². The number of hydrogen-bond donors (Lipinski definition) is 2. The van der Waals surface area contributed by atoms with Gasteiger partial charge in [-0.3, -0.25) is 9.59 Å². The van der Waals surface area contributed by atoms with Crippen molar-refractivity contribution < 1.29 is 24.6 Å². The quantitative estimate of drug-likeness (QED) is 0.669. The lowest BCUT2D eigenvalue weighted by atomic mass is 9.98. The summed E-state index contributed by atoms with van der Waals surface area (Å²) < 4.78 is -0.966. The average molecular weight is 385 g/mol. The Labute approximate surface area is 154 Å². The van der Waals surface area contributed by atoms with Crippen LogP contribution >= 0.6 is 10.0 Å². The second-order valence-electron chi connectivity index (χ2n) is 8.26. The van der Waals surface area contributed by atoms with Gasteiger partial charge < -0.3 is 24.9 Å². The van der Waals surface area contributed by atoms with Crippen LogP contribution in [-0.2, 0) is 9.59 Å². The molecule has 0 aliphatic carbocycles. The highest BCUT2D eigenvalue weighted by Gasteiger charge is 2.72. The van der Waals surface area contributed by atoms with Gasteiger partial charge in [0.15, 0.2) is 0 Å². The predicted octanol–water partition coefficient (Wildman–Crippen LogP) is 0.445. The molecule has 2 bridgehead atoms. The highest BCUT2D eigenvalue weighted by Crippen LogP contribution is 2.74. The first-order valence-electron chi connectivity index (χ1n) is 9.23. The number of rotatable bonds is 2. The maximum Gasteiger partial charge on any atom is 0.327 e. The standard InChI is InChI=1S/C17H27N3O5S/c1-17(2)14(15(23)24)20-12(22)9-13(20)26(17,10-21)16(25)19-8-7-18-5-3-11(19)4-6-18/h11,13-14,21H,3-10H2,1-2H3,(H,23,24)/t13-,14+/m1/s1. The van der Waals surface area contributed by atoms with Gasteiger partial charge in [0.25, 0.3) is 5.24 Å². The van der Waals surface area contributed by atoms with Crippen LogP contribution in [0.2, 0.25) is 0 Å². The second-order valence-corrected chi connectivity index (χ2v) is 12.0. The fourth-order valence-corrected chi connectivity index (χ4v) is 9.66. The SMILES string of the molecule is CC1(C)[C@H](C(=O)O)N2C(=O)C[C@H]2S1(CO)C(=O)N1CCN2CCC1CC2. The maximum atomic E-state index is 13.8. The molecule has 146 valence electrons. The number of aliphatic carboxylic acids is 1. The van der Waals surface area contributed by atoms with Crippen LogP contribution in [0, 0.1) is 0 Å². The number of aliphatic hydroxyl groups is 1. The van der Waals surface area contributed by atoms with Crippen LogP contribution < -0.4 is 0 Å². The highest BCUT2D eigenvalue weighted by molar-refractivity contribution is 8.46. The van der Waals surface area contributed by atoms with E-state index < -0.39 is 32.2 Å². The van der Waals surface area contributed by atoms with Crippen molar-refractivity contribution in [1.82, 2.24) is 14.7 Å². The number of piperidine rings is 1. The fourth-order valence-electron chi connectivity index (χ4n) is 5.33. The van der Waals surface area contributed by atoms with E-state index in [1.165, 1.54) is 4.90 Å². The third-order valence-corrected chi connectivity index (χ3v) is 11.6. The van der Waals surface area contributed by atoms with Crippen LogP contribution in [0.3, 0.4) is 0 Å². The van der Waals surface area contributed by atoms with E-state index in [-0.39, 0.29) is 29.5 Å². The van der Waals surface area contributed by atoms with Crippen molar-refractivity contribution in [1.29, 1.82) is 0 Å². The topological polar surface area (TPSA) is 101 Å². The van der Waals surface area contributed by atoms with Crippen molar-refractivity contribution >= 4 is 27.1 Å². The third-order valence-electron chi connectivity index (χ3n) is 6.93. The number of nitrogens with zero attached hydrogens (tertiary/aromatic N) is 3. The molecular weight excluding hydrogens is 358 g/mol. The summed E-state index contributed by atoms with van der Waals surface area (Å²) in [5.41, 5.74) is 0. The van der Waals surface area contributed by atoms with Gasteiger partial charge in [0.1, 0.15) is 6.04 Å². The molecule has 9 heteroatoms. The lowest BCUT2D eigenvalue weighted by Crippen LogP contribution is -2.57. The van der Waals surface area contributed by atoms with Gasteiger partial charge in [-0.2, -0.15) is 0 Å². The van der Waals surface area contributed by atoms with Crippen molar-refractivity contribution in [3.63, 3.8) is 0 Å². The number of carbonyl (C=O) groups excluding carboxylic acids is 2. The monoisotopic (exact) mass is 385 g/mol. The number of carboxylic acids is 1. The molecule has 5 aliphatic rings. The van der Waals surface area contributed by atoms with Gasteiger partial charge in [0.2, 0.25) is 5.91 Å². The molecule has 2 amide bonds. The zero-order valence-electron chi connectivity index (χ0n) is 15.3. The van der Waals surface area contributed by atoms with Crippen molar-refractivity contribution in [2.75, 3.05) is 32.1 Å². The van der Waals surface area contributed by atoms with Gasteiger partial charge >= 0.3 is 5.97 Å². The van der Waals surface area contributed by atoms with Crippen molar-refractivity contribution in [3.8, 4) is 0 Å². The Balaban J connectivity index is 1.75. The van der Waals surface area contributed by atoms with Crippen LogP contribution in [0.1, 0.15) is 33.1 Å². The second kappa shape index (κ2) is 5.84. The van der Waals surface area contributed by atoms with Crippen molar-refractivity contribution in [3.05, 3.63) is 0 Å². The van der Waals surface area contributed by atoms with Gasteiger partial charge in [0.05, 0.1) is 17.7 Å². The zero-order valence-corrected chi connectivity index (χ0v) is 16.1. The molecule has 5 aliphatic heterocycles. The van der Waals surface area contributed by atoms with E-state index in [0.717, 1.165) is 32.5 Å². The lowest BCUT2D eigenvalue weighted by Gasteiger charge is -2.51. The summed E-state index contributed by atoms with van der Waals surface area (Å²) in [5, 5.41) is 19.7. The molecule has 0 spiro atoms. The van der Waals surface area contributed by atoms with Crippen LogP contribution in [0.5, 0.6) is 0 Å². The molecule has 0 aromatic carbocycles. The predicted molar refractivity (Wildman–Crippen MR) is 97.0 cm³/mol. The molecule has 5 saturated heterocycles. The summed E-state index contributed by atoms with van der Waals surface area (Å²) in [5.74, 6) is -1.68. The Bertz CT molecular complexity index is 663. The fraction of sp³-hybridized carbons (Fsp3) is 0.824. The Morgan fingerprint density at radius 3 is 2.35 bits per heavy atom. The number of amides is 2. The molecule has 26 heavy (non-hydrogen) atoms. The van der Waals surface area contributed by atoms with E-state index in [2.05, 4.69) is 4.90 Å². The summed E-state index contributed by atoms with van der Waals surface area (Å²) >= 11 is 0. The molecule has 8 nitrogen and oxygen atoms in total. The molecule has 2 N–H and O–H groups in total. The van der Waals surface area contributed by atoms with Crippen LogP contribution in [0.15, 0.2) is 0 Å². The largest absolute Gasteiger partial charge is 0.480 e. The molecule has 3 atom stereocenters. The molecule has 0 saturated carbocycles. The number of carbonyl (C=O) groups is 3. The number of hydrogen-bond acceptors (Lipinski definition) is 5. The van der Waals surface area contributed by atoms with E-state index in [9.17, 15) is 24.6 Å². The minimum atomic E-state index is -2.42. The van der Waals surface area contributed by atoms with E-state index >= 15 is 0 Å². The molecule has 0 aromatic heterocycles. The van der Waals surface area contributed by atoms with E-state index in [1.54, 1.807) is 13.8 Å². The molecule has 5 fully saturated rings. The summed E-state index contributed by atoms with van der Waals surface area (Å²) in [7, 11) is -2.42. The molecular formula is C17H27N3O5S. The van der Waals surface area contributed by atoms with Gasteiger partial charge in [-0.1, -0.05) is 0 Å². The molecule has 1 unspecified atom stereocenters. The summed E-state index contributed by atoms with van der Waals surface area (Å²) in [6.07, 6.45) is 2.01. The van der Waals surface area contributed by atoms with Crippen LogP contribution in [-0.4, -0.2) is 96.4 Å². The first-order chi connectivity index (χ1) is 12.3. The van der Waals surface area contributed by atoms with Crippen LogP contribution in [0.4, 0.5) is 4.79 Å². The van der Waals surface area contributed by atoms with Gasteiger partial charge in [-0.05, 0) is 26.7 Å². The summed E-state index contributed by atoms with van der Waals surface area (Å²) in [6.45, 7) is 6.89. The van der Waals surface area contributed by atoms with Crippen molar-refractivity contribution in [2.24, 2.45) is 0 Å². The first-order valence-corrected chi connectivity index (χ1v) is 11.1. The van der Waals surface area contributed by atoms with Crippen LogP contribution in [0.25, 0.3) is 0 Å². The average Bonchev–Trinajstić information content (AvgIpc) is 2.83. The number of fused-ring (bicyclic) bond motifs is 5. The Morgan fingerprint density at radius 1 is 1.19 bits per heavy atom. The van der Waals surface area contributed by atoms with E-state index in [0.29, 0.717) is 6.54 Å². The Hall–Kier alpha value is -1.32. The van der Waals surface area contributed by atoms with Gasteiger partial charge in [-0.25, -0.2) is 4.79 Å². The Kier molecular flexibility index (Phi) is 4.06. The van der Waals surface area contributed by atoms with E-state index in [4.69, 9.17) is 0 Å². The Morgan fingerprint density at radius 2 is 1.85 bits per heavy atom. The minimum absolute atomic E-state index is 0.0926. The molecule has 5 heterocycles. The van der Waals surface area contributed by atoms with Gasteiger partial charge in [0, 0.05) is 37.0 Å². The number of β-lactam (4-membered cyclic amide) rings is 1. The molecule has 5 rings (SSSR count). The summed E-state index contributed by atoms with van der Waals surface area (Å²) in [4.78, 5) is 43.6. The van der Waals surface area contributed by atoms with E-state index in [1.807, 2.05) is 4.90 Å². The minimum Gasteiger partial charge on any atom is -0.480 e. The molecule has 0 aromatic rings. The number of carboxylic acid groups (broad SMARTS) is 1. The van der Waals surface area contributed by atoms with Gasteiger partial charge in [-0.15, -0.1) is 10.0 Å².